The van der Waals surface area contributed by atoms with Gasteiger partial charge in [-0.3, -0.25) is 0 Å². The monoisotopic (exact) mass is 327 g/mol. The van der Waals surface area contributed by atoms with Crippen molar-refractivity contribution in [1.82, 2.24) is 0 Å². The van der Waals surface area contributed by atoms with Crippen LogP contribution in [-0.2, 0) is 16.3 Å². The summed E-state index contributed by atoms with van der Waals surface area (Å²) in [5.74, 6) is 0. The minimum Gasteiger partial charge on any atom is -0.224 e. The Bertz CT molecular complexity index is 867. The zero-order valence-corrected chi connectivity index (χ0v) is 13.6. The van der Waals surface area contributed by atoms with Gasteiger partial charge in [-0.2, -0.15) is 4.91 Å². The van der Waals surface area contributed by atoms with Crippen LogP contribution in [0.2, 0.25) is 0 Å². The molecule has 0 saturated heterocycles. The highest BCUT2D eigenvalue weighted by Crippen LogP contribution is 2.34. The van der Waals surface area contributed by atoms with Crippen LogP contribution in [0.5, 0.6) is 0 Å². The summed E-state index contributed by atoms with van der Waals surface area (Å²) in [5, 5.41) is 3.27. The predicted octanol–water partition coefficient (Wildman–Crippen LogP) is 3.71. The summed E-state index contributed by atoms with van der Waals surface area (Å²) >= 11 is 0. The van der Waals surface area contributed by atoms with E-state index in [9.17, 15) is 13.3 Å². The topological polar surface area (TPSA) is 63.6 Å². The molecular formula is C18H17NO3S. The zero-order valence-electron chi connectivity index (χ0n) is 12.8. The van der Waals surface area contributed by atoms with Crippen LogP contribution in [0.4, 0.5) is 0 Å². The summed E-state index contributed by atoms with van der Waals surface area (Å²) in [6.45, 7) is 0. The second-order valence-electron chi connectivity index (χ2n) is 5.76. The maximum absolute atomic E-state index is 11.5. The molecule has 1 aliphatic carbocycles. The third kappa shape index (κ3) is 3.24. The van der Waals surface area contributed by atoms with E-state index in [0.717, 1.165) is 23.1 Å². The Morgan fingerprint density at radius 1 is 1.09 bits per heavy atom. The van der Waals surface area contributed by atoms with Crippen molar-refractivity contribution in [1.29, 1.82) is 0 Å². The largest absolute Gasteiger partial charge is 0.224 e. The number of hydrogen-bond donors (Lipinski definition) is 0. The number of benzene rings is 2. The van der Waals surface area contributed by atoms with Crippen molar-refractivity contribution < 1.29 is 8.42 Å². The predicted molar refractivity (Wildman–Crippen MR) is 91.8 cm³/mol. The van der Waals surface area contributed by atoms with Gasteiger partial charge in [0.1, 0.15) is 6.04 Å². The van der Waals surface area contributed by atoms with Crippen molar-refractivity contribution in [2.75, 3.05) is 6.26 Å². The van der Waals surface area contributed by atoms with E-state index in [0.29, 0.717) is 6.42 Å². The number of nitroso groups, excluding NO2 is 1. The van der Waals surface area contributed by atoms with Gasteiger partial charge in [0.25, 0.3) is 0 Å². The summed E-state index contributed by atoms with van der Waals surface area (Å²) in [4.78, 5) is 11.5. The average molecular weight is 327 g/mol. The first-order valence-electron chi connectivity index (χ1n) is 7.41. The van der Waals surface area contributed by atoms with Gasteiger partial charge in [0.2, 0.25) is 0 Å². The Kier molecular flexibility index (Phi) is 4.13. The maximum atomic E-state index is 11.5. The molecule has 2 aromatic carbocycles. The first kappa shape index (κ1) is 15.6. The summed E-state index contributed by atoms with van der Waals surface area (Å²) in [7, 11) is -3.21. The maximum Gasteiger partial charge on any atom is 0.175 e. The highest BCUT2D eigenvalue weighted by molar-refractivity contribution is 7.90. The molecule has 0 heterocycles. The molecule has 0 saturated carbocycles. The third-order valence-corrected chi connectivity index (χ3v) is 5.26. The van der Waals surface area contributed by atoms with E-state index in [2.05, 4.69) is 11.2 Å². The van der Waals surface area contributed by atoms with Crippen LogP contribution in [-0.4, -0.2) is 20.7 Å². The molecule has 4 nitrogen and oxygen atoms in total. The van der Waals surface area contributed by atoms with E-state index in [1.54, 1.807) is 24.3 Å². The molecule has 3 rings (SSSR count). The highest BCUT2D eigenvalue weighted by atomic mass is 32.2. The molecule has 0 aliphatic heterocycles. The third-order valence-electron chi connectivity index (χ3n) is 4.13. The van der Waals surface area contributed by atoms with Gasteiger partial charge in [-0.15, -0.1) is 0 Å². The molecule has 23 heavy (non-hydrogen) atoms. The summed E-state index contributed by atoms with van der Waals surface area (Å²) in [5.41, 5.74) is 4.02. The minimum atomic E-state index is -3.21. The summed E-state index contributed by atoms with van der Waals surface area (Å²) in [6, 6.07) is 14.3. The molecule has 0 spiro atoms. The minimum absolute atomic E-state index is 0.286. The van der Waals surface area contributed by atoms with Gasteiger partial charge in [0.05, 0.1) is 4.90 Å². The van der Waals surface area contributed by atoms with Crippen molar-refractivity contribution in [3.05, 3.63) is 70.1 Å². The molecular weight excluding hydrogens is 310 g/mol. The fourth-order valence-electron chi connectivity index (χ4n) is 2.92. The Labute approximate surface area is 135 Å². The summed E-state index contributed by atoms with van der Waals surface area (Å²) < 4.78 is 23.0. The molecule has 0 bridgehead atoms. The van der Waals surface area contributed by atoms with Gasteiger partial charge >= 0.3 is 0 Å². The average Bonchev–Trinajstić information content (AvgIpc) is 2.55. The fourth-order valence-corrected chi connectivity index (χ4v) is 3.55. The molecule has 1 atom stereocenters. The van der Waals surface area contributed by atoms with Crippen molar-refractivity contribution in [2.24, 2.45) is 5.18 Å². The van der Waals surface area contributed by atoms with Crippen LogP contribution in [0, 0.1) is 4.91 Å². The number of rotatable bonds is 3. The second kappa shape index (κ2) is 6.08. The van der Waals surface area contributed by atoms with Crippen LogP contribution in [0.15, 0.2) is 58.6 Å². The van der Waals surface area contributed by atoms with Crippen LogP contribution < -0.4 is 0 Å². The smallest absolute Gasteiger partial charge is 0.175 e. The number of aryl methyl sites for hydroxylation is 1. The van der Waals surface area contributed by atoms with E-state index in [1.807, 2.05) is 24.3 Å². The number of nitrogens with zero attached hydrogens (tertiary/aromatic N) is 1. The lowest BCUT2D eigenvalue weighted by molar-refractivity contribution is 0.602. The highest BCUT2D eigenvalue weighted by Gasteiger charge is 2.24. The lowest BCUT2D eigenvalue weighted by Gasteiger charge is -2.23. The van der Waals surface area contributed by atoms with Gasteiger partial charge < -0.3 is 0 Å². The van der Waals surface area contributed by atoms with Gasteiger partial charge in [0.15, 0.2) is 9.84 Å². The molecule has 0 N–H and O–H groups in total. The lowest BCUT2D eigenvalue weighted by Crippen LogP contribution is -2.15. The molecule has 1 aliphatic rings. The number of fused-ring (bicyclic) bond motifs is 1. The lowest BCUT2D eigenvalue weighted by atomic mass is 9.83. The van der Waals surface area contributed by atoms with E-state index in [1.165, 1.54) is 11.8 Å². The SMILES string of the molecule is CS(=O)(=O)c1ccc(C=C2c3ccccc3CCC2N=O)cc1. The van der Waals surface area contributed by atoms with Gasteiger partial charge in [0, 0.05) is 6.26 Å². The Hall–Kier alpha value is -2.27. The first-order chi connectivity index (χ1) is 11.0. The van der Waals surface area contributed by atoms with E-state index >= 15 is 0 Å². The van der Waals surface area contributed by atoms with Crippen LogP contribution in [0.3, 0.4) is 0 Å². The van der Waals surface area contributed by atoms with Crippen molar-refractivity contribution in [3.63, 3.8) is 0 Å². The number of hydrogen-bond acceptors (Lipinski definition) is 4. The molecule has 0 radical (unpaired) electrons. The van der Waals surface area contributed by atoms with Crippen LogP contribution in [0.25, 0.3) is 11.6 Å². The molecule has 118 valence electrons. The van der Waals surface area contributed by atoms with Crippen molar-refractivity contribution in [3.8, 4) is 0 Å². The molecule has 0 aromatic heterocycles. The fraction of sp³-hybridized carbons (Fsp3) is 0.222. The standard InChI is InChI=1S/C18H17NO3S/c1-23(21,22)15-9-6-13(7-10-15)12-17-16-5-3-2-4-14(16)8-11-18(17)19-20/h2-7,9-10,12,18H,8,11H2,1H3. The normalized spacial score (nSPS) is 19.3. The Morgan fingerprint density at radius 3 is 2.43 bits per heavy atom. The van der Waals surface area contributed by atoms with E-state index in [4.69, 9.17) is 0 Å². The Balaban J connectivity index is 2.04. The van der Waals surface area contributed by atoms with Crippen molar-refractivity contribution in [2.45, 2.75) is 23.8 Å². The molecule has 2 aromatic rings. The van der Waals surface area contributed by atoms with E-state index in [-0.39, 0.29) is 10.9 Å². The van der Waals surface area contributed by atoms with Crippen molar-refractivity contribution >= 4 is 21.5 Å². The molecule has 5 heteroatoms. The Morgan fingerprint density at radius 2 is 1.78 bits per heavy atom. The van der Waals surface area contributed by atoms with E-state index < -0.39 is 9.84 Å². The quantitative estimate of drug-likeness (QED) is 0.807. The van der Waals surface area contributed by atoms with Crippen LogP contribution >= 0.6 is 0 Å². The van der Waals surface area contributed by atoms with Gasteiger partial charge in [-0.05, 0) is 53.3 Å². The molecule has 0 fully saturated rings. The first-order valence-corrected chi connectivity index (χ1v) is 9.30. The van der Waals surface area contributed by atoms with Crippen LogP contribution in [0.1, 0.15) is 23.1 Å². The zero-order chi connectivity index (χ0) is 16.4. The number of sulfone groups is 1. The molecule has 1 unspecified atom stereocenters. The van der Waals surface area contributed by atoms with Gasteiger partial charge in [-0.25, -0.2) is 8.42 Å². The second-order valence-corrected chi connectivity index (χ2v) is 7.77. The molecule has 0 amide bonds. The summed E-state index contributed by atoms with van der Waals surface area (Å²) in [6.07, 6.45) is 4.66. The van der Waals surface area contributed by atoms with Gasteiger partial charge in [-0.1, -0.05) is 41.6 Å².